The Morgan fingerprint density at radius 3 is 2.85 bits per heavy atom. The average molecular weight is 268 g/mol. The molecule has 3 nitrogen and oxygen atoms in total. The minimum atomic E-state index is 0.105. The summed E-state index contributed by atoms with van der Waals surface area (Å²) in [6.07, 6.45) is 6.50. The van der Waals surface area contributed by atoms with Crippen molar-refractivity contribution in [2.75, 3.05) is 6.61 Å². The molecule has 2 heterocycles. The largest absolute Gasteiger partial charge is 0.373 e. The third-order valence-corrected chi connectivity index (χ3v) is 3.86. The van der Waals surface area contributed by atoms with Gasteiger partial charge in [0.15, 0.2) is 0 Å². The predicted octanol–water partition coefficient (Wildman–Crippen LogP) is 2.66. The summed E-state index contributed by atoms with van der Waals surface area (Å²) in [6.45, 7) is 0.795. The van der Waals surface area contributed by atoms with Gasteiger partial charge in [0.1, 0.15) is 0 Å². The maximum atomic E-state index is 6.29. The number of nitrogens with zero attached hydrogens (tertiary/aromatic N) is 1. The molecular weight excluding hydrogens is 248 g/mol. The Hall–Kier alpha value is -1.71. The molecule has 1 aromatic carbocycles. The molecule has 104 valence electrons. The Morgan fingerprint density at radius 1 is 1.20 bits per heavy atom. The third kappa shape index (κ3) is 3.06. The lowest BCUT2D eigenvalue weighted by molar-refractivity contribution is 0.0321. The van der Waals surface area contributed by atoms with E-state index in [1.54, 1.807) is 0 Å². The van der Waals surface area contributed by atoms with Crippen LogP contribution in [0.15, 0.2) is 48.8 Å². The Bertz CT molecular complexity index is 556. The van der Waals surface area contributed by atoms with E-state index < -0.39 is 0 Å². The van der Waals surface area contributed by atoms with Crippen LogP contribution in [0.5, 0.6) is 0 Å². The van der Waals surface area contributed by atoms with Gasteiger partial charge in [0.2, 0.25) is 0 Å². The van der Waals surface area contributed by atoms with Crippen LogP contribution in [0.2, 0.25) is 0 Å². The van der Waals surface area contributed by atoms with E-state index in [1.165, 1.54) is 16.7 Å². The second-order valence-corrected chi connectivity index (χ2v) is 5.36. The van der Waals surface area contributed by atoms with Gasteiger partial charge in [-0.25, -0.2) is 0 Å². The standard InChI is InChI=1S/C17H20N2O/c18-15(11-13-5-8-19-9-6-13)12-17-16-4-2-1-3-14(16)7-10-20-17/h1-6,8-9,15,17H,7,10-12,18H2. The Labute approximate surface area is 119 Å². The maximum Gasteiger partial charge on any atom is 0.0842 e. The van der Waals surface area contributed by atoms with Gasteiger partial charge in [0.25, 0.3) is 0 Å². The Balaban J connectivity index is 1.66. The van der Waals surface area contributed by atoms with Crippen molar-refractivity contribution < 1.29 is 4.74 Å². The van der Waals surface area contributed by atoms with Crippen LogP contribution in [0.4, 0.5) is 0 Å². The lowest BCUT2D eigenvalue weighted by Crippen LogP contribution is -2.28. The molecule has 20 heavy (non-hydrogen) atoms. The molecule has 2 N–H and O–H groups in total. The summed E-state index contributed by atoms with van der Waals surface area (Å²) in [6, 6.07) is 12.7. The lowest BCUT2D eigenvalue weighted by Gasteiger charge is -2.28. The van der Waals surface area contributed by atoms with Crippen LogP contribution in [0.1, 0.15) is 29.2 Å². The maximum absolute atomic E-state index is 6.29. The molecule has 0 saturated carbocycles. The SMILES string of the molecule is NC(Cc1ccncc1)CC1OCCc2ccccc21. The highest BCUT2D eigenvalue weighted by atomic mass is 16.5. The first-order valence-corrected chi connectivity index (χ1v) is 7.17. The van der Waals surface area contributed by atoms with E-state index in [2.05, 4.69) is 29.2 Å². The second kappa shape index (κ2) is 6.16. The zero-order chi connectivity index (χ0) is 13.8. The quantitative estimate of drug-likeness (QED) is 0.927. The van der Waals surface area contributed by atoms with Crippen LogP contribution >= 0.6 is 0 Å². The fourth-order valence-corrected chi connectivity index (χ4v) is 2.85. The zero-order valence-corrected chi connectivity index (χ0v) is 11.5. The van der Waals surface area contributed by atoms with Crippen LogP contribution in [0.3, 0.4) is 0 Å². The molecule has 0 amide bonds. The van der Waals surface area contributed by atoms with Crippen molar-refractivity contribution in [3.63, 3.8) is 0 Å². The molecule has 2 unspecified atom stereocenters. The zero-order valence-electron chi connectivity index (χ0n) is 11.5. The summed E-state index contributed by atoms with van der Waals surface area (Å²) in [5, 5.41) is 0. The fourth-order valence-electron chi connectivity index (χ4n) is 2.85. The van der Waals surface area contributed by atoms with Gasteiger partial charge in [-0.1, -0.05) is 24.3 Å². The van der Waals surface area contributed by atoms with Gasteiger partial charge in [-0.2, -0.15) is 0 Å². The minimum absolute atomic E-state index is 0.105. The third-order valence-electron chi connectivity index (χ3n) is 3.86. The molecular formula is C17H20N2O. The van der Waals surface area contributed by atoms with Gasteiger partial charge in [-0.05, 0) is 48.1 Å². The first kappa shape index (κ1) is 13.3. The molecule has 1 aliphatic heterocycles. The van der Waals surface area contributed by atoms with Gasteiger partial charge in [0, 0.05) is 18.4 Å². The van der Waals surface area contributed by atoms with Crippen molar-refractivity contribution >= 4 is 0 Å². The smallest absolute Gasteiger partial charge is 0.0842 e. The molecule has 3 heteroatoms. The van der Waals surface area contributed by atoms with E-state index in [-0.39, 0.29) is 12.1 Å². The van der Waals surface area contributed by atoms with E-state index in [0.29, 0.717) is 0 Å². The van der Waals surface area contributed by atoms with Gasteiger partial charge >= 0.3 is 0 Å². The van der Waals surface area contributed by atoms with E-state index in [4.69, 9.17) is 10.5 Å². The molecule has 0 spiro atoms. The number of ether oxygens (including phenoxy) is 1. The summed E-state index contributed by atoms with van der Waals surface area (Å²) in [7, 11) is 0. The first-order valence-electron chi connectivity index (χ1n) is 7.17. The molecule has 1 aliphatic rings. The number of nitrogens with two attached hydrogens (primary N) is 1. The number of aromatic nitrogens is 1. The lowest BCUT2D eigenvalue weighted by atomic mass is 9.92. The summed E-state index contributed by atoms with van der Waals surface area (Å²) in [5.74, 6) is 0. The van der Waals surface area contributed by atoms with Crippen LogP contribution in [-0.4, -0.2) is 17.6 Å². The van der Waals surface area contributed by atoms with Crippen LogP contribution in [0, 0.1) is 0 Å². The van der Waals surface area contributed by atoms with Crippen molar-refractivity contribution in [2.45, 2.75) is 31.4 Å². The monoisotopic (exact) mass is 268 g/mol. The number of hydrogen-bond acceptors (Lipinski definition) is 3. The Morgan fingerprint density at radius 2 is 2.00 bits per heavy atom. The molecule has 2 aromatic rings. The van der Waals surface area contributed by atoms with Crippen molar-refractivity contribution in [2.24, 2.45) is 5.73 Å². The van der Waals surface area contributed by atoms with Crippen LogP contribution in [-0.2, 0) is 17.6 Å². The molecule has 0 fully saturated rings. The van der Waals surface area contributed by atoms with Crippen LogP contribution < -0.4 is 5.73 Å². The van der Waals surface area contributed by atoms with E-state index in [1.807, 2.05) is 24.5 Å². The highest BCUT2D eigenvalue weighted by Gasteiger charge is 2.22. The normalized spacial score (nSPS) is 19.4. The highest BCUT2D eigenvalue weighted by molar-refractivity contribution is 5.31. The fraction of sp³-hybridized carbons (Fsp3) is 0.353. The number of hydrogen-bond donors (Lipinski definition) is 1. The predicted molar refractivity (Wildman–Crippen MR) is 79.4 cm³/mol. The minimum Gasteiger partial charge on any atom is -0.373 e. The molecule has 0 aliphatic carbocycles. The second-order valence-electron chi connectivity index (χ2n) is 5.36. The van der Waals surface area contributed by atoms with Crippen molar-refractivity contribution in [1.29, 1.82) is 0 Å². The topological polar surface area (TPSA) is 48.1 Å². The Kier molecular flexibility index (Phi) is 4.09. The molecule has 3 rings (SSSR count). The molecule has 0 bridgehead atoms. The van der Waals surface area contributed by atoms with Gasteiger partial charge in [-0.15, -0.1) is 0 Å². The number of benzene rings is 1. The molecule has 0 saturated heterocycles. The van der Waals surface area contributed by atoms with E-state index in [0.717, 1.165) is 25.9 Å². The number of fused-ring (bicyclic) bond motifs is 1. The van der Waals surface area contributed by atoms with Gasteiger partial charge < -0.3 is 10.5 Å². The number of rotatable bonds is 4. The summed E-state index contributed by atoms with van der Waals surface area (Å²) >= 11 is 0. The average Bonchev–Trinajstić information content (AvgIpc) is 2.48. The first-order chi connectivity index (χ1) is 9.83. The number of pyridine rings is 1. The van der Waals surface area contributed by atoms with E-state index in [9.17, 15) is 0 Å². The summed E-state index contributed by atoms with van der Waals surface area (Å²) in [5.41, 5.74) is 10.2. The molecule has 0 radical (unpaired) electrons. The summed E-state index contributed by atoms with van der Waals surface area (Å²) < 4.78 is 5.92. The van der Waals surface area contributed by atoms with Crippen molar-refractivity contribution in [3.05, 3.63) is 65.5 Å². The van der Waals surface area contributed by atoms with Crippen molar-refractivity contribution in [3.8, 4) is 0 Å². The highest BCUT2D eigenvalue weighted by Crippen LogP contribution is 2.30. The van der Waals surface area contributed by atoms with Gasteiger partial charge in [0.05, 0.1) is 12.7 Å². The van der Waals surface area contributed by atoms with Crippen molar-refractivity contribution in [1.82, 2.24) is 4.98 Å². The van der Waals surface area contributed by atoms with Crippen LogP contribution in [0.25, 0.3) is 0 Å². The van der Waals surface area contributed by atoms with E-state index >= 15 is 0 Å². The summed E-state index contributed by atoms with van der Waals surface area (Å²) in [4.78, 5) is 4.03. The molecule has 2 atom stereocenters. The molecule has 1 aromatic heterocycles. The van der Waals surface area contributed by atoms with Gasteiger partial charge in [-0.3, -0.25) is 4.98 Å².